The first-order valence-electron chi connectivity index (χ1n) is 8.33. The minimum Gasteiger partial charge on any atom is -0.396 e. The van der Waals surface area contributed by atoms with Crippen LogP contribution in [0.25, 0.3) is 0 Å². The zero-order valence-corrected chi connectivity index (χ0v) is 14.8. The minimum atomic E-state index is 0.190. The van der Waals surface area contributed by atoms with Crippen molar-refractivity contribution in [3.05, 3.63) is 0 Å². The van der Waals surface area contributed by atoms with Gasteiger partial charge in [-0.3, -0.25) is 0 Å². The molecule has 122 valence electrons. The highest BCUT2D eigenvalue weighted by atomic mass is 16.2. The van der Waals surface area contributed by atoms with Crippen molar-refractivity contribution in [1.29, 1.82) is 0 Å². The molecule has 0 aromatic rings. The summed E-state index contributed by atoms with van der Waals surface area (Å²) in [4.78, 5) is 2.47. The number of aliphatic hydroxyl groups excluding tert-OH is 1. The molecule has 0 aromatic carbocycles. The van der Waals surface area contributed by atoms with E-state index in [-0.39, 0.29) is 5.54 Å². The zero-order valence-electron chi connectivity index (χ0n) is 14.8. The van der Waals surface area contributed by atoms with Gasteiger partial charge in [-0.2, -0.15) is 0 Å². The van der Waals surface area contributed by atoms with Crippen molar-refractivity contribution in [2.75, 3.05) is 33.3 Å². The summed E-state index contributed by atoms with van der Waals surface area (Å²) in [5, 5.41) is 12.5. The van der Waals surface area contributed by atoms with E-state index in [1.165, 1.54) is 19.3 Å². The fraction of sp³-hybridized carbons (Fsp3) is 1.00. The molecule has 0 saturated heterocycles. The number of nitrogens with zero attached hydrogens (tertiary/aromatic N) is 1. The zero-order chi connectivity index (χ0) is 15.6. The summed E-state index contributed by atoms with van der Waals surface area (Å²) in [5.74, 6) is 0. The predicted molar refractivity (Wildman–Crippen MR) is 89.2 cm³/mol. The van der Waals surface area contributed by atoms with Gasteiger partial charge in [0.05, 0.1) is 0 Å². The summed E-state index contributed by atoms with van der Waals surface area (Å²) in [6, 6.07) is 0. The van der Waals surface area contributed by atoms with Gasteiger partial charge < -0.3 is 15.3 Å². The summed E-state index contributed by atoms with van der Waals surface area (Å²) in [7, 11) is 2.23. The lowest BCUT2D eigenvalue weighted by molar-refractivity contribution is 0.142. The maximum Gasteiger partial charge on any atom is 0.0431 e. The topological polar surface area (TPSA) is 35.5 Å². The number of rotatable bonds is 11. The van der Waals surface area contributed by atoms with Gasteiger partial charge in [0, 0.05) is 25.2 Å². The Morgan fingerprint density at radius 2 is 1.60 bits per heavy atom. The van der Waals surface area contributed by atoms with Gasteiger partial charge in [0.25, 0.3) is 0 Å². The van der Waals surface area contributed by atoms with E-state index in [4.69, 9.17) is 5.11 Å². The fourth-order valence-electron chi connectivity index (χ4n) is 2.55. The summed E-state index contributed by atoms with van der Waals surface area (Å²) in [5.41, 5.74) is 0.564. The van der Waals surface area contributed by atoms with Crippen LogP contribution in [0.3, 0.4) is 0 Å². The average Bonchev–Trinajstić information content (AvgIpc) is 2.39. The first kappa shape index (κ1) is 19.9. The van der Waals surface area contributed by atoms with Crippen LogP contribution in [0.2, 0.25) is 0 Å². The van der Waals surface area contributed by atoms with E-state index in [0.29, 0.717) is 12.0 Å². The average molecular weight is 287 g/mol. The fourth-order valence-corrected chi connectivity index (χ4v) is 2.55. The molecule has 0 aliphatic carbocycles. The molecule has 0 bridgehead atoms. The highest BCUT2D eigenvalue weighted by Crippen LogP contribution is 2.27. The van der Waals surface area contributed by atoms with E-state index in [1.807, 2.05) is 0 Å². The number of nitrogens with one attached hydrogen (secondary N) is 1. The Bertz CT molecular complexity index is 232. The number of hydrogen-bond donors (Lipinski definition) is 2. The maximum atomic E-state index is 8.82. The number of hydrogen-bond acceptors (Lipinski definition) is 3. The molecule has 0 aliphatic heterocycles. The van der Waals surface area contributed by atoms with Crippen LogP contribution >= 0.6 is 0 Å². The largest absolute Gasteiger partial charge is 0.396 e. The summed E-state index contributed by atoms with van der Waals surface area (Å²) in [6.07, 6.45) is 5.69. The Labute approximate surface area is 127 Å². The van der Waals surface area contributed by atoms with Crippen LogP contribution in [0.1, 0.15) is 66.7 Å². The standard InChI is InChI=1S/C17H38N2O/c1-7-17(8-2,14-18-16(3,4)5)15-19(6)12-10-9-11-13-20/h18,20H,7-15H2,1-6H3. The lowest BCUT2D eigenvalue weighted by atomic mass is 9.81. The second-order valence-corrected chi connectivity index (χ2v) is 7.33. The van der Waals surface area contributed by atoms with Crippen molar-refractivity contribution in [2.45, 2.75) is 72.3 Å². The Kier molecular flexibility index (Phi) is 9.69. The summed E-state index contributed by atoms with van der Waals surface area (Å²) in [6.45, 7) is 15.0. The third-order valence-electron chi connectivity index (χ3n) is 4.30. The van der Waals surface area contributed by atoms with Crippen LogP contribution in [-0.4, -0.2) is 48.8 Å². The summed E-state index contributed by atoms with van der Waals surface area (Å²) >= 11 is 0. The third-order valence-corrected chi connectivity index (χ3v) is 4.30. The molecule has 0 atom stereocenters. The summed E-state index contributed by atoms with van der Waals surface area (Å²) < 4.78 is 0. The predicted octanol–water partition coefficient (Wildman–Crippen LogP) is 3.28. The van der Waals surface area contributed by atoms with Crippen LogP contribution in [0.15, 0.2) is 0 Å². The van der Waals surface area contributed by atoms with Crippen molar-refractivity contribution in [3.63, 3.8) is 0 Å². The molecule has 0 aliphatic rings. The normalized spacial score (nSPS) is 13.2. The molecule has 3 nitrogen and oxygen atoms in total. The van der Waals surface area contributed by atoms with Crippen molar-refractivity contribution in [3.8, 4) is 0 Å². The van der Waals surface area contributed by atoms with Gasteiger partial charge in [0.1, 0.15) is 0 Å². The Morgan fingerprint density at radius 1 is 1.00 bits per heavy atom. The van der Waals surface area contributed by atoms with Crippen LogP contribution in [0, 0.1) is 5.41 Å². The van der Waals surface area contributed by atoms with E-state index >= 15 is 0 Å². The second-order valence-electron chi connectivity index (χ2n) is 7.33. The molecular formula is C17H38N2O. The highest BCUT2D eigenvalue weighted by Gasteiger charge is 2.28. The van der Waals surface area contributed by atoms with Gasteiger partial charge >= 0.3 is 0 Å². The van der Waals surface area contributed by atoms with Gasteiger partial charge in [0.15, 0.2) is 0 Å². The molecule has 0 heterocycles. The molecule has 0 fully saturated rings. The van der Waals surface area contributed by atoms with Gasteiger partial charge in [-0.1, -0.05) is 13.8 Å². The molecular weight excluding hydrogens is 248 g/mol. The van der Waals surface area contributed by atoms with Gasteiger partial charge in [-0.15, -0.1) is 0 Å². The molecule has 0 spiro atoms. The first-order valence-corrected chi connectivity index (χ1v) is 8.33. The lowest BCUT2D eigenvalue weighted by Crippen LogP contribution is -2.48. The number of unbranched alkanes of at least 4 members (excludes halogenated alkanes) is 2. The van der Waals surface area contributed by atoms with Crippen LogP contribution in [0.5, 0.6) is 0 Å². The van der Waals surface area contributed by atoms with Gasteiger partial charge in [-0.05, 0) is 71.9 Å². The Hall–Kier alpha value is -0.120. The van der Waals surface area contributed by atoms with E-state index in [0.717, 1.165) is 32.5 Å². The van der Waals surface area contributed by atoms with E-state index in [9.17, 15) is 0 Å². The van der Waals surface area contributed by atoms with E-state index < -0.39 is 0 Å². The third kappa shape index (κ3) is 8.93. The van der Waals surface area contributed by atoms with Gasteiger partial charge in [-0.25, -0.2) is 0 Å². The monoisotopic (exact) mass is 286 g/mol. The van der Waals surface area contributed by atoms with Crippen LogP contribution in [-0.2, 0) is 0 Å². The minimum absolute atomic E-state index is 0.190. The van der Waals surface area contributed by atoms with Crippen molar-refractivity contribution in [2.24, 2.45) is 5.41 Å². The maximum absolute atomic E-state index is 8.82. The Morgan fingerprint density at radius 3 is 2.05 bits per heavy atom. The number of aliphatic hydroxyl groups is 1. The Balaban J connectivity index is 4.29. The van der Waals surface area contributed by atoms with E-state index in [2.05, 4.69) is 51.9 Å². The molecule has 0 unspecified atom stereocenters. The molecule has 0 radical (unpaired) electrons. The smallest absolute Gasteiger partial charge is 0.0431 e. The lowest BCUT2D eigenvalue weighted by Gasteiger charge is -2.38. The van der Waals surface area contributed by atoms with Crippen molar-refractivity contribution in [1.82, 2.24) is 10.2 Å². The first-order chi connectivity index (χ1) is 9.28. The molecule has 0 saturated carbocycles. The van der Waals surface area contributed by atoms with Crippen molar-refractivity contribution >= 4 is 0 Å². The SMILES string of the molecule is CCC(CC)(CNC(C)(C)C)CN(C)CCCCCO. The van der Waals surface area contributed by atoms with E-state index in [1.54, 1.807) is 0 Å². The molecule has 0 amide bonds. The highest BCUT2D eigenvalue weighted by molar-refractivity contribution is 4.85. The molecule has 3 heteroatoms. The quantitative estimate of drug-likeness (QED) is 0.572. The van der Waals surface area contributed by atoms with Gasteiger partial charge in [0.2, 0.25) is 0 Å². The molecule has 0 rings (SSSR count). The second kappa shape index (κ2) is 9.75. The van der Waals surface area contributed by atoms with Crippen molar-refractivity contribution < 1.29 is 5.11 Å². The van der Waals surface area contributed by atoms with Crippen LogP contribution in [0.4, 0.5) is 0 Å². The molecule has 2 N–H and O–H groups in total. The molecule has 20 heavy (non-hydrogen) atoms. The molecule has 0 aromatic heterocycles. The van der Waals surface area contributed by atoms with Crippen LogP contribution < -0.4 is 5.32 Å².